The van der Waals surface area contributed by atoms with Crippen LogP contribution in [0.2, 0.25) is 0 Å². The van der Waals surface area contributed by atoms with Gasteiger partial charge < -0.3 is 4.90 Å². The number of carbonyl (C=O) groups excluding carboxylic acids is 1. The Morgan fingerprint density at radius 3 is 2.62 bits per heavy atom. The van der Waals surface area contributed by atoms with Crippen molar-refractivity contribution in [2.75, 3.05) is 11.9 Å². The molecular weight excluding hydrogens is 266 g/mol. The van der Waals surface area contributed by atoms with Crippen LogP contribution in [0.1, 0.15) is 29.9 Å². The Balaban J connectivity index is 2.08. The van der Waals surface area contributed by atoms with E-state index in [1.807, 2.05) is 19.2 Å². The Bertz CT molecular complexity index is 642. The van der Waals surface area contributed by atoms with Crippen molar-refractivity contribution in [1.82, 2.24) is 20.0 Å². The molecule has 2 heterocycles. The van der Waals surface area contributed by atoms with Gasteiger partial charge in [0.1, 0.15) is 11.5 Å². The highest BCUT2D eigenvalue weighted by atomic mass is 16.1. The van der Waals surface area contributed by atoms with Crippen LogP contribution in [0.15, 0.2) is 30.6 Å². The summed E-state index contributed by atoms with van der Waals surface area (Å²) in [6.07, 6.45) is 6.44. The summed E-state index contributed by atoms with van der Waals surface area (Å²) < 4.78 is 1.45. The van der Waals surface area contributed by atoms with Crippen LogP contribution in [0.3, 0.4) is 0 Å². The van der Waals surface area contributed by atoms with Gasteiger partial charge in [-0.2, -0.15) is 0 Å². The molecule has 0 aliphatic heterocycles. The number of aromatic nitrogens is 4. The fraction of sp³-hybridized carbons (Fsp3) is 0.333. The monoisotopic (exact) mass is 285 g/mol. The van der Waals surface area contributed by atoms with E-state index in [9.17, 15) is 4.79 Å². The molecule has 0 aliphatic rings. The summed E-state index contributed by atoms with van der Waals surface area (Å²) >= 11 is 0. The van der Waals surface area contributed by atoms with Crippen LogP contribution in [-0.2, 0) is 7.05 Å². The predicted molar refractivity (Wildman–Crippen MR) is 82.1 cm³/mol. The van der Waals surface area contributed by atoms with E-state index in [0.717, 1.165) is 11.4 Å². The Morgan fingerprint density at radius 1 is 1.33 bits per heavy atom. The number of pyridine rings is 1. The zero-order valence-corrected chi connectivity index (χ0v) is 12.7. The molecule has 0 spiro atoms. The van der Waals surface area contributed by atoms with Gasteiger partial charge in [0, 0.05) is 26.3 Å². The average Bonchev–Trinajstić information content (AvgIpc) is 2.90. The second kappa shape index (κ2) is 6.30. The van der Waals surface area contributed by atoms with E-state index in [2.05, 4.69) is 34.0 Å². The van der Waals surface area contributed by atoms with Gasteiger partial charge in [-0.25, -0.2) is 9.67 Å². The lowest BCUT2D eigenvalue weighted by atomic mass is 10.2. The zero-order chi connectivity index (χ0) is 15.4. The molecule has 0 fully saturated rings. The molecule has 2 aromatic rings. The second-order valence-corrected chi connectivity index (χ2v) is 5.09. The molecule has 0 saturated carbocycles. The van der Waals surface area contributed by atoms with Crippen molar-refractivity contribution in [1.29, 1.82) is 0 Å². The van der Waals surface area contributed by atoms with Crippen LogP contribution >= 0.6 is 0 Å². The number of rotatable bonds is 5. The maximum atomic E-state index is 11.9. The van der Waals surface area contributed by atoms with Gasteiger partial charge in [-0.3, -0.25) is 4.79 Å². The maximum absolute atomic E-state index is 11.9. The SMILES string of the molecule is CC(C)N(C)c1ccc(/C=C/C(=O)c2cnnn2C)cn1. The van der Waals surface area contributed by atoms with Crippen molar-refractivity contribution in [3.8, 4) is 0 Å². The highest BCUT2D eigenvalue weighted by molar-refractivity contribution is 6.05. The highest BCUT2D eigenvalue weighted by Gasteiger charge is 2.08. The fourth-order valence-corrected chi connectivity index (χ4v) is 1.74. The minimum absolute atomic E-state index is 0.133. The summed E-state index contributed by atoms with van der Waals surface area (Å²) in [7, 11) is 3.69. The molecule has 2 rings (SSSR count). The van der Waals surface area contributed by atoms with Gasteiger partial charge in [-0.15, -0.1) is 5.10 Å². The minimum atomic E-state index is -0.133. The molecule has 0 aromatic carbocycles. The summed E-state index contributed by atoms with van der Waals surface area (Å²) in [5.41, 5.74) is 1.33. The zero-order valence-electron chi connectivity index (χ0n) is 12.7. The number of nitrogens with zero attached hydrogens (tertiary/aromatic N) is 5. The molecule has 0 radical (unpaired) electrons. The van der Waals surface area contributed by atoms with Crippen LogP contribution in [0.4, 0.5) is 5.82 Å². The van der Waals surface area contributed by atoms with Crippen LogP contribution in [0, 0.1) is 0 Å². The van der Waals surface area contributed by atoms with Crippen LogP contribution in [0.5, 0.6) is 0 Å². The smallest absolute Gasteiger partial charge is 0.205 e. The number of hydrogen-bond donors (Lipinski definition) is 0. The maximum Gasteiger partial charge on any atom is 0.205 e. The van der Waals surface area contributed by atoms with Gasteiger partial charge in [0.2, 0.25) is 5.78 Å². The summed E-state index contributed by atoms with van der Waals surface area (Å²) in [5, 5.41) is 7.42. The fourth-order valence-electron chi connectivity index (χ4n) is 1.74. The van der Waals surface area contributed by atoms with E-state index in [1.165, 1.54) is 17.0 Å². The molecule has 0 saturated heterocycles. The number of allylic oxidation sites excluding steroid dienone is 1. The molecule has 6 nitrogen and oxygen atoms in total. The van der Waals surface area contributed by atoms with Gasteiger partial charge in [-0.05, 0) is 43.7 Å². The molecule has 6 heteroatoms. The molecular formula is C15H19N5O. The number of hydrogen-bond acceptors (Lipinski definition) is 5. The van der Waals surface area contributed by atoms with Crippen molar-refractivity contribution >= 4 is 17.7 Å². The standard InChI is InChI=1S/C15H19N5O/c1-11(2)19(3)15-8-6-12(9-16-15)5-7-14(21)13-10-17-18-20(13)4/h5-11H,1-4H3/b7-5+. The second-order valence-electron chi connectivity index (χ2n) is 5.09. The lowest BCUT2D eigenvalue weighted by molar-refractivity contribution is 0.103. The molecule has 110 valence electrons. The van der Waals surface area contributed by atoms with E-state index >= 15 is 0 Å². The number of aryl methyl sites for hydroxylation is 1. The number of ketones is 1. The molecule has 21 heavy (non-hydrogen) atoms. The van der Waals surface area contributed by atoms with Gasteiger partial charge >= 0.3 is 0 Å². The Morgan fingerprint density at radius 2 is 2.10 bits per heavy atom. The van der Waals surface area contributed by atoms with Crippen LogP contribution in [0.25, 0.3) is 6.08 Å². The van der Waals surface area contributed by atoms with Crippen molar-refractivity contribution in [3.63, 3.8) is 0 Å². The summed E-state index contributed by atoms with van der Waals surface area (Å²) in [5.74, 6) is 0.773. The van der Waals surface area contributed by atoms with Crippen molar-refractivity contribution < 1.29 is 4.79 Å². The topological polar surface area (TPSA) is 63.9 Å². The molecule has 2 aromatic heterocycles. The van der Waals surface area contributed by atoms with Gasteiger partial charge in [0.15, 0.2) is 0 Å². The van der Waals surface area contributed by atoms with E-state index in [4.69, 9.17) is 0 Å². The Hall–Kier alpha value is -2.50. The summed E-state index contributed by atoms with van der Waals surface area (Å²) in [6, 6.07) is 4.26. The quantitative estimate of drug-likeness (QED) is 0.620. The lowest BCUT2D eigenvalue weighted by Crippen LogP contribution is -2.26. The third-order valence-electron chi connectivity index (χ3n) is 3.30. The van der Waals surface area contributed by atoms with E-state index in [0.29, 0.717) is 11.7 Å². The Kier molecular flexibility index (Phi) is 4.47. The van der Waals surface area contributed by atoms with E-state index in [-0.39, 0.29) is 5.78 Å². The van der Waals surface area contributed by atoms with Crippen LogP contribution < -0.4 is 4.90 Å². The first-order chi connectivity index (χ1) is 9.99. The first-order valence-corrected chi connectivity index (χ1v) is 6.75. The van der Waals surface area contributed by atoms with Gasteiger partial charge in [0.25, 0.3) is 0 Å². The van der Waals surface area contributed by atoms with Crippen molar-refractivity contribution in [2.45, 2.75) is 19.9 Å². The van der Waals surface area contributed by atoms with Crippen molar-refractivity contribution in [3.05, 3.63) is 41.9 Å². The minimum Gasteiger partial charge on any atom is -0.357 e. The summed E-state index contributed by atoms with van der Waals surface area (Å²) in [4.78, 5) is 18.4. The van der Waals surface area contributed by atoms with E-state index in [1.54, 1.807) is 19.3 Å². The largest absolute Gasteiger partial charge is 0.357 e. The summed E-state index contributed by atoms with van der Waals surface area (Å²) in [6.45, 7) is 4.21. The van der Waals surface area contributed by atoms with Gasteiger partial charge in [-0.1, -0.05) is 5.21 Å². The normalized spacial score (nSPS) is 11.3. The first kappa shape index (κ1) is 14.9. The molecule has 0 N–H and O–H groups in total. The number of anilines is 1. The Labute approximate surface area is 124 Å². The molecule has 0 atom stereocenters. The van der Waals surface area contributed by atoms with Crippen LogP contribution in [-0.4, -0.2) is 38.9 Å². The molecule has 0 unspecified atom stereocenters. The first-order valence-electron chi connectivity index (χ1n) is 6.75. The average molecular weight is 285 g/mol. The van der Waals surface area contributed by atoms with Gasteiger partial charge in [0.05, 0.1) is 6.20 Å². The highest BCUT2D eigenvalue weighted by Crippen LogP contribution is 2.13. The third kappa shape index (κ3) is 3.53. The predicted octanol–water partition coefficient (Wildman–Crippen LogP) is 1.95. The van der Waals surface area contributed by atoms with E-state index < -0.39 is 0 Å². The van der Waals surface area contributed by atoms with Crippen molar-refractivity contribution in [2.24, 2.45) is 7.05 Å². The molecule has 0 bridgehead atoms. The molecule has 0 amide bonds. The lowest BCUT2D eigenvalue weighted by Gasteiger charge is -2.22. The number of carbonyl (C=O) groups is 1. The third-order valence-corrected chi connectivity index (χ3v) is 3.30. The molecule has 0 aliphatic carbocycles.